The molecule has 1 N–H and O–H groups in total. The fourth-order valence-corrected chi connectivity index (χ4v) is 4.20. The van der Waals surface area contributed by atoms with Gasteiger partial charge in [0.1, 0.15) is 0 Å². The average Bonchev–Trinajstić information content (AvgIpc) is 2.97. The van der Waals surface area contributed by atoms with Crippen LogP contribution in [0.1, 0.15) is 48.9 Å². The van der Waals surface area contributed by atoms with Crippen LogP contribution in [0.25, 0.3) is 0 Å². The van der Waals surface area contributed by atoms with E-state index in [9.17, 15) is 0 Å². The summed E-state index contributed by atoms with van der Waals surface area (Å²) in [5.74, 6) is 0. The molecule has 1 atom stereocenters. The van der Waals surface area contributed by atoms with Gasteiger partial charge in [-0.2, -0.15) is 5.10 Å². The molecule has 0 aromatic carbocycles. The van der Waals surface area contributed by atoms with E-state index in [1.54, 1.807) is 17.5 Å². The Labute approximate surface area is 143 Å². The van der Waals surface area contributed by atoms with Crippen molar-refractivity contribution in [3.05, 3.63) is 37.2 Å². The van der Waals surface area contributed by atoms with Crippen molar-refractivity contribution in [1.82, 2.24) is 15.1 Å². The molecule has 0 aliphatic carbocycles. The Balaban J connectivity index is 2.42. The molecule has 0 fully saturated rings. The van der Waals surface area contributed by atoms with Gasteiger partial charge in [0.05, 0.1) is 26.7 Å². The van der Waals surface area contributed by atoms with E-state index >= 15 is 0 Å². The molecule has 0 aliphatic heterocycles. The lowest BCUT2D eigenvalue weighted by molar-refractivity contribution is 0.515. The van der Waals surface area contributed by atoms with E-state index in [1.165, 1.54) is 14.2 Å². The molecule has 2 aromatic rings. The van der Waals surface area contributed by atoms with Crippen molar-refractivity contribution in [3.8, 4) is 0 Å². The van der Waals surface area contributed by atoms with Crippen LogP contribution in [-0.4, -0.2) is 16.3 Å². The summed E-state index contributed by atoms with van der Waals surface area (Å²) < 4.78 is 3.21. The van der Waals surface area contributed by atoms with E-state index in [-0.39, 0.29) is 6.04 Å². The fraction of sp³-hybridized carbons (Fsp3) is 0.533. The highest BCUT2D eigenvalue weighted by Gasteiger charge is 2.23. The zero-order valence-corrected chi connectivity index (χ0v) is 15.8. The number of nitrogens with zero attached hydrogens (tertiary/aromatic N) is 2. The van der Waals surface area contributed by atoms with Gasteiger partial charge < -0.3 is 5.32 Å². The van der Waals surface area contributed by atoms with Crippen LogP contribution in [0, 0.1) is 6.92 Å². The minimum absolute atomic E-state index is 0.0986. The van der Waals surface area contributed by atoms with Crippen molar-refractivity contribution in [3.63, 3.8) is 0 Å². The van der Waals surface area contributed by atoms with Crippen LogP contribution in [0.15, 0.2) is 16.0 Å². The van der Waals surface area contributed by atoms with Crippen LogP contribution in [0.2, 0.25) is 5.02 Å². The normalized spacial score (nSPS) is 12.8. The summed E-state index contributed by atoms with van der Waals surface area (Å²) in [6, 6.07) is 2.32. The summed E-state index contributed by atoms with van der Waals surface area (Å²) in [5.41, 5.74) is 2.33. The van der Waals surface area contributed by atoms with E-state index in [2.05, 4.69) is 53.2 Å². The van der Waals surface area contributed by atoms with Gasteiger partial charge in [0.25, 0.3) is 0 Å². The van der Waals surface area contributed by atoms with Crippen molar-refractivity contribution >= 4 is 38.9 Å². The summed E-state index contributed by atoms with van der Waals surface area (Å²) in [6.45, 7) is 8.28. The number of aromatic nitrogens is 2. The Morgan fingerprint density at radius 3 is 2.76 bits per heavy atom. The first kappa shape index (κ1) is 17.0. The fourth-order valence-electron chi connectivity index (χ4n) is 2.30. The van der Waals surface area contributed by atoms with Crippen molar-refractivity contribution in [1.29, 1.82) is 0 Å². The van der Waals surface area contributed by atoms with Crippen LogP contribution in [0.3, 0.4) is 0 Å². The van der Waals surface area contributed by atoms with E-state index < -0.39 is 0 Å². The second-order valence-corrected chi connectivity index (χ2v) is 7.90. The molecule has 116 valence electrons. The molecular weight excluding hydrogens is 370 g/mol. The lowest BCUT2D eigenvalue weighted by Gasteiger charge is -2.19. The van der Waals surface area contributed by atoms with Gasteiger partial charge in [-0.15, -0.1) is 11.3 Å². The molecule has 0 aliphatic rings. The molecule has 0 radical (unpaired) electrons. The molecule has 21 heavy (non-hydrogen) atoms. The van der Waals surface area contributed by atoms with Crippen LogP contribution in [0.5, 0.6) is 0 Å². The second kappa shape index (κ2) is 7.77. The molecule has 2 rings (SSSR count). The number of halogens is 2. The zero-order valence-electron chi connectivity index (χ0n) is 12.6. The van der Waals surface area contributed by atoms with Crippen LogP contribution < -0.4 is 5.32 Å². The molecule has 0 saturated carbocycles. The Kier molecular flexibility index (Phi) is 6.29. The zero-order chi connectivity index (χ0) is 15.4. The van der Waals surface area contributed by atoms with Gasteiger partial charge in [0.15, 0.2) is 0 Å². The Hall–Kier alpha value is -0.360. The largest absolute Gasteiger partial charge is 0.304 e. The third kappa shape index (κ3) is 3.89. The van der Waals surface area contributed by atoms with E-state index in [1.807, 2.05) is 4.68 Å². The van der Waals surface area contributed by atoms with Crippen molar-refractivity contribution in [2.45, 2.75) is 46.2 Å². The van der Waals surface area contributed by atoms with Crippen molar-refractivity contribution in [2.24, 2.45) is 0 Å². The van der Waals surface area contributed by atoms with Crippen LogP contribution >= 0.6 is 38.9 Å². The Morgan fingerprint density at radius 2 is 2.19 bits per heavy atom. The predicted molar refractivity (Wildman–Crippen MR) is 94.4 cm³/mol. The average molecular weight is 391 g/mol. The van der Waals surface area contributed by atoms with Crippen molar-refractivity contribution in [2.75, 3.05) is 6.54 Å². The number of rotatable bonds is 7. The lowest BCUT2D eigenvalue weighted by Crippen LogP contribution is -2.25. The number of aryl methyl sites for hydroxylation is 2. The Morgan fingerprint density at radius 1 is 1.43 bits per heavy atom. The topological polar surface area (TPSA) is 29.9 Å². The van der Waals surface area contributed by atoms with Gasteiger partial charge >= 0.3 is 0 Å². The Bertz CT molecular complexity index is 574. The minimum Gasteiger partial charge on any atom is -0.304 e. The van der Waals surface area contributed by atoms with Gasteiger partial charge in [-0.3, -0.25) is 4.68 Å². The molecule has 1 unspecified atom stereocenters. The summed E-state index contributed by atoms with van der Waals surface area (Å²) in [6.07, 6.45) is 3.88. The molecule has 2 heterocycles. The number of hydrogen-bond acceptors (Lipinski definition) is 3. The summed E-state index contributed by atoms with van der Waals surface area (Å²) in [7, 11) is 0. The minimum atomic E-state index is 0.0986. The number of nitrogens with one attached hydrogen (secondary N) is 1. The van der Waals surface area contributed by atoms with Crippen molar-refractivity contribution < 1.29 is 0 Å². The number of hydrogen-bond donors (Lipinski definition) is 1. The highest BCUT2D eigenvalue weighted by molar-refractivity contribution is 9.11. The first-order valence-electron chi connectivity index (χ1n) is 7.28. The highest BCUT2D eigenvalue weighted by Crippen LogP contribution is 2.36. The van der Waals surface area contributed by atoms with Gasteiger partial charge in [-0.05, 0) is 53.9 Å². The maximum Gasteiger partial charge on any atom is 0.0857 e. The van der Waals surface area contributed by atoms with E-state index in [0.717, 1.165) is 36.6 Å². The van der Waals surface area contributed by atoms with E-state index in [4.69, 9.17) is 11.6 Å². The molecule has 0 spiro atoms. The molecule has 3 nitrogen and oxygen atoms in total. The maximum absolute atomic E-state index is 6.42. The lowest BCUT2D eigenvalue weighted by atomic mass is 10.1. The van der Waals surface area contributed by atoms with Gasteiger partial charge in [0.2, 0.25) is 0 Å². The second-order valence-electron chi connectivity index (χ2n) is 5.09. The summed E-state index contributed by atoms with van der Waals surface area (Å²) in [4.78, 5) is 1.27. The molecule has 0 amide bonds. The smallest absolute Gasteiger partial charge is 0.0857 e. The summed E-state index contributed by atoms with van der Waals surface area (Å²) >= 11 is 11.8. The third-order valence-electron chi connectivity index (χ3n) is 3.30. The van der Waals surface area contributed by atoms with Gasteiger partial charge in [0, 0.05) is 11.4 Å². The third-order valence-corrected chi connectivity index (χ3v) is 5.79. The van der Waals surface area contributed by atoms with Gasteiger partial charge in [-0.1, -0.05) is 25.4 Å². The van der Waals surface area contributed by atoms with E-state index in [0.29, 0.717) is 0 Å². The quantitative estimate of drug-likeness (QED) is 0.707. The highest BCUT2D eigenvalue weighted by atomic mass is 79.9. The maximum atomic E-state index is 6.42. The SMILES string of the molecule is CCCNC(c1cc(C)c(Br)s1)c1c(Cl)cnn1CCC. The first-order valence-corrected chi connectivity index (χ1v) is 9.27. The standard InChI is InChI=1S/C15H21BrClN3S/c1-4-6-18-13(12-8-10(3)15(16)21-12)14-11(17)9-19-20(14)7-5-2/h8-9,13,18H,4-7H2,1-3H3. The first-order chi connectivity index (χ1) is 10.1. The summed E-state index contributed by atoms with van der Waals surface area (Å²) in [5, 5.41) is 8.77. The molecule has 6 heteroatoms. The van der Waals surface area contributed by atoms with Crippen LogP contribution in [-0.2, 0) is 6.54 Å². The monoisotopic (exact) mass is 389 g/mol. The molecule has 0 bridgehead atoms. The number of thiophene rings is 1. The molecule has 0 saturated heterocycles. The van der Waals surface area contributed by atoms with Crippen LogP contribution in [0.4, 0.5) is 0 Å². The van der Waals surface area contributed by atoms with Gasteiger partial charge in [-0.25, -0.2) is 0 Å². The predicted octanol–water partition coefficient (Wildman–Crippen LogP) is 5.17. The molecule has 2 aromatic heterocycles. The molecular formula is C15H21BrClN3S.